The van der Waals surface area contributed by atoms with Gasteiger partial charge in [0.05, 0.1) is 17.2 Å². The molecule has 3 N–H and O–H groups in total. The third kappa shape index (κ3) is 2.57. The van der Waals surface area contributed by atoms with Crippen LogP contribution in [0.3, 0.4) is 0 Å². The van der Waals surface area contributed by atoms with E-state index in [4.69, 9.17) is 11.6 Å². The van der Waals surface area contributed by atoms with Crippen LogP contribution in [-0.2, 0) is 0 Å². The van der Waals surface area contributed by atoms with Crippen molar-refractivity contribution in [1.82, 2.24) is 9.97 Å². The molecule has 0 atom stereocenters. The van der Waals surface area contributed by atoms with Crippen molar-refractivity contribution < 1.29 is 5.11 Å². The summed E-state index contributed by atoms with van der Waals surface area (Å²) in [5.74, 6) is 0.647. The van der Waals surface area contributed by atoms with Gasteiger partial charge in [-0.25, -0.2) is 10.4 Å². The highest BCUT2D eigenvalue weighted by molar-refractivity contribution is 6.30. The fourth-order valence-corrected chi connectivity index (χ4v) is 1.98. The van der Waals surface area contributed by atoms with Crippen LogP contribution in [0, 0.1) is 0 Å². The van der Waals surface area contributed by atoms with Crippen LogP contribution in [-0.4, -0.2) is 21.3 Å². The van der Waals surface area contributed by atoms with Gasteiger partial charge in [0.2, 0.25) is 5.95 Å². The number of rotatable bonds is 3. The number of aromatic nitrogens is 2. The van der Waals surface area contributed by atoms with Gasteiger partial charge in [0, 0.05) is 10.6 Å². The fraction of sp³-hybridized carbons (Fsp3) is 0. The summed E-state index contributed by atoms with van der Waals surface area (Å²) >= 11 is 5.85. The first-order valence-corrected chi connectivity index (χ1v) is 6.32. The summed E-state index contributed by atoms with van der Waals surface area (Å²) in [5, 5.41) is 14.2. The number of nitrogens with zero attached hydrogens (tertiary/aromatic N) is 2. The zero-order valence-corrected chi connectivity index (χ0v) is 11.1. The monoisotopic (exact) mass is 286 g/mol. The molecule has 1 aromatic heterocycles. The highest BCUT2D eigenvalue weighted by Gasteiger charge is 2.01. The molecule has 0 radical (unpaired) electrons. The molecule has 6 heteroatoms. The molecule has 0 amide bonds. The third-order valence-electron chi connectivity index (χ3n) is 2.75. The van der Waals surface area contributed by atoms with Gasteiger partial charge in [0.15, 0.2) is 0 Å². The van der Waals surface area contributed by atoms with Gasteiger partial charge in [-0.2, -0.15) is 5.10 Å². The summed E-state index contributed by atoms with van der Waals surface area (Å²) in [5.41, 5.74) is 5.09. The van der Waals surface area contributed by atoms with Crippen LogP contribution in [0.5, 0.6) is 5.75 Å². The minimum atomic E-state index is 0.115. The van der Waals surface area contributed by atoms with Crippen molar-refractivity contribution in [3.05, 3.63) is 53.1 Å². The van der Waals surface area contributed by atoms with Gasteiger partial charge in [-0.05, 0) is 30.3 Å². The number of hydrogen-bond acceptors (Lipinski definition) is 4. The molecule has 100 valence electrons. The number of aromatic hydroxyl groups is 1. The van der Waals surface area contributed by atoms with Crippen LogP contribution < -0.4 is 5.43 Å². The van der Waals surface area contributed by atoms with Gasteiger partial charge < -0.3 is 10.1 Å². The maximum absolute atomic E-state index is 9.65. The molecule has 20 heavy (non-hydrogen) atoms. The van der Waals surface area contributed by atoms with Crippen LogP contribution in [0.1, 0.15) is 5.56 Å². The van der Waals surface area contributed by atoms with E-state index in [-0.39, 0.29) is 5.75 Å². The lowest BCUT2D eigenvalue weighted by Crippen LogP contribution is -1.92. The van der Waals surface area contributed by atoms with Crippen molar-refractivity contribution in [2.45, 2.75) is 0 Å². The largest absolute Gasteiger partial charge is 0.507 e. The Kier molecular flexibility index (Phi) is 3.26. The standard InChI is InChI=1S/C14H11ClN4O/c15-10-5-6-13(20)9(7-10)8-16-19-14-17-11-3-1-2-4-12(11)18-14/h1-8,20H,(H2,17,18,19)/b16-8-. The lowest BCUT2D eigenvalue weighted by molar-refractivity contribution is 0.474. The molecule has 3 rings (SSSR count). The quantitative estimate of drug-likeness (QED) is 0.510. The number of hydrogen-bond donors (Lipinski definition) is 3. The van der Waals surface area contributed by atoms with Gasteiger partial charge in [-0.1, -0.05) is 23.7 Å². The molecular weight excluding hydrogens is 276 g/mol. The first kappa shape index (κ1) is 12.5. The Hall–Kier alpha value is -2.53. The highest BCUT2D eigenvalue weighted by atomic mass is 35.5. The highest BCUT2D eigenvalue weighted by Crippen LogP contribution is 2.19. The molecule has 0 unspecified atom stereocenters. The maximum atomic E-state index is 9.65. The van der Waals surface area contributed by atoms with E-state index in [1.54, 1.807) is 12.1 Å². The zero-order chi connectivity index (χ0) is 13.9. The van der Waals surface area contributed by atoms with Crippen molar-refractivity contribution in [3.63, 3.8) is 0 Å². The molecule has 0 spiro atoms. The number of hydrazone groups is 1. The number of fused-ring (bicyclic) bond motifs is 1. The number of phenolic OH excluding ortho intramolecular Hbond substituents is 1. The Labute approximate surface area is 119 Å². The van der Waals surface area contributed by atoms with E-state index in [1.807, 2.05) is 24.3 Å². The van der Waals surface area contributed by atoms with Gasteiger partial charge in [0.1, 0.15) is 5.75 Å². The molecule has 5 nitrogen and oxygen atoms in total. The lowest BCUT2D eigenvalue weighted by Gasteiger charge is -1.99. The van der Waals surface area contributed by atoms with Crippen molar-refractivity contribution in [1.29, 1.82) is 0 Å². The number of imidazole rings is 1. The Balaban J connectivity index is 1.78. The fourth-order valence-electron chi connectivity index (χ4n) is 1.80. The van der Waals surface area contributed by atoms with Gasteiger partial charge in [-0.15, -0.1) is 0 Å². The first-order valence-electron chi connectivity index (χ1n) is 5.95. The van der Waals surface area contributed by atoms with E-state index >= 15 is 0 Å². The molecular formula is C14H11ClN4O. The molecule has 0 saturated carbocycles. The predicted molar refractivity (Wildman–Crippen MR) is 80.4 cm³/mol. The number of para-hydroxylation sites is 2. The number of halogens is 1. The smallest absolute Gasteiger partial charge is 0.222 e. The second-order valence-electron chi connectivity index (χ2n) is 4.18. The Bertz CT molecular complexity index is 749. The second kappa shape index (κ2) is 5.22. The van der Waals surface area contributed by atoms with E-state index in [0.717, 1.165) is 11.0 Å². The average molecular weight is 287 g/mol. The molecule has 0 bridgehead atoms. The van der Waals surface area contributed by atoms with Crippen molar-refractivity contribution in [3.8, 4) is 5.75 Å². The van der Waals surface area contributed by atoms with Crippen LogP contribution in [0.15, 0.2) is 47.6 Å². The van der Waals surface area contributed by atoms with Crippen molar-refractivity contribution >= 4 is 34.8 Å². The Morgan fingerprint density at radius 2 is 2.10 bits per heavy atom. The maximum Gasteiger partial charge on any atom is 0.222 e. The topological polar surface area (TPSA) is 73.3 Å². The second-order valence-corrected chi connectivity index (χ2v) is 4.61. The van der Waals surface area contributed by atoms with Gasteiger partial charge >= 0.3 is 0 Å². The van der Waals surface area contributed by atoms with E-state index in [0.29, 0.717) is 16.5 Å². The third-order valence-corrected chi connectivity index (χ3v) is 2.99. The Morgan fingerprint density at radius 1 is 1.25 bits per heavy atom. The molecule has 0 aliphatic rings. The summed E-state index contributed by atoms with van der Waals surface area (Å²) in [4.78, 5) is 7.40. The normalized spacial score (nSPS) is 11.2. The summed E-state index contributed by atoms with van der Waals surface area (Å²) in [6.45, 7) is 0. The summed E-state index contributed by atoms with van der Waals surface area (Å²) in [6.07, 6.45) is 1.48. The number of H-pyrrole nitrogens is 1. The van der Waals surface area contributed by atoms with E-state index in [2.05, 4.69) is 20.5 Å². The SMILES string of the molecule is Oc1ccc(Cl)cc1/C=N\Nc1nc2ccccc2[nH]1. The number of aromatic amines is 1. The molecule has 0 aliphatic heterocycles. The number of anilines is 1. The number of benzene rings is 2. The molecule has 1 heterocycles. The predicted octanol–water partition coefficient (Wildman–Crippen LogP) is 3.37. The van der Waals surface area contributed by atoms with Crippen molar-refractivity contribution in [2.75, 3.05) is 5.43 Å². The van der Waals surface area contributed by atoms with Gasteiger partial charge in [-0.3, -0.25) is 0 Å². The van der Waals surface area contributed by atoms with E-state index in [1.165, 1.54) is 12.3 Å². The summed E-state index contributed by atoms with van der Waals surface area (Å²) in [7, 11) is 0. The summed E-state index contributed by atoms with van der Waals surface area (Å²) in [6, 6.07) is 12.4. The van der Waals surface area contributed by atoms with Crippen LogP contribution in [0.4, 0.5) is 5.95 Å². The molecule has 0 saturated heterocycles. The zero-order valence-electron chi connectivity index (χ0n) is 10.3. The van der Waals surface area contributed by atoms with Crippen molar-refractivity contribution in [2.24, 2.45) is 5.10 Å². The number of phenols is 1. The van der Waals surface area contributed by atoms with Gasteiger partial charge in [0.25, 0.3) is 0 Å². The Morgan fingerprint density at radius 3 is 2.95 bits per heavy atom. The average Bonchev–Trinajstić information content (AvgIpc) is 2.85. The van der Waals surface area contributed by atoms with Crippen LogP contribution in [0.25, 0.3) is 11.0 Å². The minimum absolute atomic E-state index is 0.115. The van der Waals surface area contributed by atoms with E-state index < -0.39 is 0 Å². The minimum Gasteiger partial charge on any atom is -0.507 e. The summed E-state index contributed by atoms with van der Waals surface area (Å²) < 4.78 is 0. The lowest BCUT2D eigenvalue weighted by atomic mass is 10.2. The van der Waals surface area contributed by atoms with Crippen LogP contribution >= 0.6 is 11.6 Å². The number of nitrogens with one attached hydrogen (secondary N) is 2. The first-order chi connectivity index (χ1) is 9.72. The molecule has 0 fully saturated rings. The van der Waals surface area contributed by atoms with E-state index in [9.17, 15) is 5.11 Å². The molecule has 2 aromatic carbocycles. The molecule has 0 aliphatic carbocycles. The van der Waals surface area contributed by atoms with Crippen LogP contribution in [0.2, 0.25) is 5.02 Å². The molecule has 3 aromatic rings.